The van der Waals surface area contributed by atoms with Gasteiger partial charge in [-0.1, -0.05) is 54.6 Å². The van der Waals surface area contributed by atoms with Crippen LogP contribution in [0.25, 0.3) is 21.5 Å². The van der Waals surface area contributed by atoms with Crippen LogP contribution in [0.2, 0.25) is 0 Å². The third-order valence-corrected chi connectivity index (χ3v) is 7.33. The Morgan fingerprint density at radius 2 is 1.65 bits per heavy atom. The fraction of sp³-hybridized carbons (Fsp3) is 0.185. The predicted octanol–water partition coefficient (Wildman–Crippen LogP) is 5.06. The number of nitrogens with zero attached hydrogens (tertiary/aromatic N) is 2. The molecule has 7 heteroatoms. The molecule has 6 rings (SSSR count). The smallest absolute Gasteiger partial charge is 0.320 e. The van der Waals surface area contributed by atoms with Crippen LogP contribution in [0.1, 0.15) is 22.2 Å². The lowest BCUT2D eigenvalue weighted by molar-refractivity contribution is 0.122. The van der Waals surface area contributed by atoms with Crippen molar-refractivity contribution in [3.63, 3.8) is 0 Å². The lowest BCUT2D eigenvalue weighted by Crippen LogP contribution is -2.43. The van der Waals surface area contributed by atoms with E-state index in [1.807, 2.05) is 48.5 Å². The van der Waals surface area contributed by atoms with Gasteiger partial charge in [0.1, 0.15) is 5.01 Å². The summed E-state index contributed by atoms with van der Waals surface area (Å²) >= 11 is 1.65. The van der Waals surface area contributed by atoms with Crippen LogP contribution in [0.15, 0.2) is 78.9 Å². The Kier molecular flexibility index (Phi) is 5.49. The molecule has 0 saturated carbocycles. The molecular formula is C27H24N4O2S. The maximum absolute atomic E-state index is 12.8. The second-order valence-electron chi connectivity index (χ2n) is 8.36. The number of carbonyl (C=O) groups excluding carboxylic acids is 1. The Bertz CT molecular complexity index is 1330. The standard InChI is InChI=1S/C27H24N4O2S/c32-27-29-24(18-6-2-1-3-7-18)23(26-28-21-8-4-5-9-22(21)34-26)25(30-27)19-10-12-20(13-11-19)31-14-16-33-17-15-31/h1-13,25H,14-17H2,(H2,29,30,32). The Labute approximate surface area is 201 Å². The zero-order chi connectivity index (χ0) is 22.9. The van der Waals surface area contributed by atoms with Crippen molar-refractivity contribution in [1.29, 1.82) is 0 Å². The summed E-state index contributed by atoms with van der Waals surface area (Å²) in [6.45, 7) is 3.27. The number of rotatable bonds is 4. The Hall–Kier alpha value is -3.68. The average Bonchev–Trinajstić information content (AvgIpc) is 3.33. The molecule has 0 aliphatic carbocycles. The number of hydrogen-bond acceptors (Lipinski definition) is 5. The van der Waals surface area contributed by atoms with Gasteiger partial charge in [-0.3, -0.25) is 0 Å². The van der Waals surface area contributed by atoms with E-state index >= 15 is 0 Å². The minimum absolute atomic E-state index is 0.217. The summed E-state index contributed by atoms with van der Waals surface area (Å²) in [6.07, 6.45) is 0. The Balaban J connectivity index is 1.47. The maximum Gasteiger partial charge on any atom is 0.320 e. The number of urea groups is 1. The number of ether oxygens (including phenoxy) is 1. The van der Waals surface area contributed by atoms with Crippen molar-refractivity contribution in [2.24, 2.45) is 0 Å². The molecule has 2 aliphatic heterocycles. The summed E-state index contributed by atoms with van der Waals surface area (Å²) in [4.78, 5) is 20.1. The van der Waals surface area contributed by atoms with E-state index in [9.17, 15) is 4.79 Å². The molecule has 2 N–H and O–H groups in total. The summed E-state index contributed by atoms with van der Waals surface area (Å²) in [5.41, 5.74) is 5.88. The van der Waals surface area contributed by atoms with Gasteiger partial charge in [-0.25, -0.2) is 9.78 Å². The Morgan fingerprint density at radius 1 is 0.912 bits per heavy atom. The van der Waals surface area contributed by atoms with E-state index in [0.29, 0.717) is 0 Å². The van der Waals surface area contributed by atoms with Gasteiger partial charge in [0.2, 0.25) is 0 Å². The quantitative estimate of drug-likeness (QED) is 0.440. The van der Waals surface area contributed by atoms with Gasteiger partial charge in [-0.15, -0.1) is 11.3 Å². The predicted molar refractivity (Wildman–Crippen MR) is 137 cm³/mol. The number of amides is 2. The van der Waals surface area contributed by atoms with Gasteiger partial charge in [0.25, 0.3) is 0 Å². The number of para-hydroxylation sites is 1. The molecule has 0 spiro atoms. The minimum Gasteiger partial charge on any atom is -0.378 e. The first kappa shape index (κ1) is 20.9. The highest BCUT2D eigenvalue weighted by atomic mass is 32.1. The van der Waals surface area contributed by atoms with E-state index in [4.69, 9.17) is 9.72 Å². The van der Waals surface area contributed by atoms with Crippen molar-refractivity contribution in [2.45, 2.75) is 6.04 Å². The maximum atomic E-state index is 12.8. The highest BCUT2D eigenvalue weighted by Gasteiger charge is 2.32. The van der Waals surface area contributed by atoms with Crippen LogP contribution >= 0.6 is 11.3 Å². The van der Waals surface area contributed by atoms with E-state index in [1.54, 1.807) is 11.3 Å². The van der Waals surface area contributed by atoms with Gasteiger partial charge < -0.3 is 20.3 Å². The first-order valence-electron chi connectivity index (χ1n) is 11.4. The SMILES string of the molecule is O=C1NC(c2ccccc2)=C(c2nc3ccccc3s2)C(c2ccc(N3CCOCC3)cc2)N1. The molecule has 0 radical (unpaired) electrons. The first-order chi connectivity index (χ1) is 16.8. The number of thiazole rings is 1. The summed E-state index contributed by atoms with van der Waals surface area (Å²) in [7, 11) is 0. The summed E-state index contributed by atoms with van der Waals surface area (Å²) < 4.78 is 6.61. The van der Waals surface area contributed by atoms with Crippen molar-refractivity contribution < 1.29 is 9.53 Å². The fourth-order valence-corrected chi connectivity index (χ4v) is 5.61. The molecule has 0 bridgehead atoms. The molecule has 2 amide bonds. The number of carbonyl (C=O) groups is 1. The highest BCUT2D eigenvalue weighted by molar-refractivity contribution is 7.19. The van der Waals surface area contributed by atoms with Crippen LogP contribution < -0.4 is 15.5 Å². The monoisotopic (exact) mass is 468 g/mol. The normalized spacial score (nSPS) is 18.6. The van der Waals surface area contributed by atoms with Gasteiger partial charge >= 0.3 is 6.03 Å². The van der Waals surface area contributed by atoms with Crippen LogP contribution in [0.5, 0.6) is 0 Å². The molecule has 2 aliphatic rings. The zero-order valence-corrected chi connectivity index (χ0v) is 19.3. The topological polar surface area (TPSA) is 66.5 Å². The van der Waals surface area contributed by atoms with E-state index in [2.05, 4.69) is 45.9 Å². The molecule has 3 heterocycles. The summed E-state index contributed by atoms with van der Waals surface area (Å²) in [6, 6.07) is 26.1. The number of anilines is 1. The second kappa shape index (κ2) is 8.93. The van der Waals surface area contributed by atoms with Crippen LogP contribution in [0.3, 0.4) is 0 Å². The van der Waals surface area contributed by atoms with E-state index in [1.165, 1.54) is 5.69 Å². The van der Waals surface area contributed by atoms with Crippen molar-refractivity contribution >= 4 is 44.5 Å². The number of morpholine rings is 1. The average molecular weight is 469 g/mol. The van der Waals surface area contributed by atoms with E-state index in [-0.39, 0.29) is 12.1 Å². The number of aromatic nitrogens is 1. The van der Waals surface area contributed by atoms with Gasteiger partial charge in [-0.2, -0.15) is 0 Å². The van der Waals surface area contributed by atoms with Gasteiger partial charge in [0, 0.05) is 24.4 Å². The third-order valence-electron chi connectivity index (χ3n) is 6.26. The molecule has 4 aromatic rings. The van der Waals surface area contributed by atoms with E-state index < -0.39 is 0 Å². The molecule has 1 aromatic heterocycles. The molecule has 1 atom stereocenters. The third kappa shape index (κ3) is 3.93. The first-order valence-corrected chi connectivity index (χ1v) is 12.2. The molecule has 1 fully saturated rings. The lowest BCUT2D eigenvalue weighted by Gasteiger charge is -2.31. The van der Waals surface area contributed by atoms with Gasteiger partial charge in [-0.05, 0) is 35.4 Å². The zero-order valence-electron chi connectivity index (χ0n) is 18.5. The Morgan fingerprint density at radius 3 is 2.41 bits per heavy atom. The highest BCUT2D eigenvalue weighted by Crippen LogP contribution is 2.41. The summed E-state index contributed by atoms with van der Waals surface area (Å²) in [5, 5.41) is 7.11. The van der Waals surface area contributed by atoms with Gasteiger partial charge in [0.05, 0.1) is 35.2 Å². The van der Waals surface area contributed by atoms with Gasteiger partial charge in [0.15, 0.2) is 0 Å². The van der Waals surface area contributed by atoms with Crippen LogP contribution in [-0.4, -0.2) is 37.3 Å². The van der Waals surface area contributed by atoms with Crippen molar-refractivity contribution in [3.8, 4) is 0 Å². The van der Waals surface area contributed by atoms with E-state index in [0.717, 1.165) is 63.9 Å². The molecule has 6 nitrogen and oxygen atoms in total. The summed E-state index contributed by atoms with van der Waals surface area (Å²) in [5.74, 6) is 0. The largest absolute Gasteiger partial charge is 0.378 e. The molecule has 170 valence electrons. The molecule has 1 unspecified atom stereocenters. The van der Waals surface area contributed by atoms with Crippen molar-refractivity contribution in [3.05, 3.63) is 95.0 Å². The van der Waals surface area contributed by atoms with Crippen LogP contribution in [0.4, 0.5) is 10.5 Å². The number of fused-ring (bicyclic) bond motifs is 1. The molecule has 3 aromatic carbocycles. The second-order valence-corrected chi connectivity index (χ2v) is 9.39. The fourth-order valence-electron chi connectivity index (χ4n) is 4.56. The molecule has 34 heavy (non-hydrogen) atoms. The number of hydrogen-bond donors (Lipinski definition) is 2. The minimum atomic E-state index is -0.316. The number of nitrogens with one attached hydrogen (secondary N) is 2. The van der Waals surface area contributed by atoms with Crippen LogP contribution in [0, 0.1) is 0 Å². The molecule has 1 saturated heterocycles. The molecular weight excluding hydrogens is 444 g/mol. The lowest BCUT2D eigenvalue weighted by atomic mass is 9.93. The van der Waals surface area contributed by atoms with Crippen molar-refractivity contribution in [1.82, 2.24) is 15.6 Å². The van der Waals surface area contributed by atoms with Crippen molar-refractivity contribution in [2.75, 3.05) is 31.2 Å². The number of benzene rings is 3. The van der Waals surface area contributed by atoms with Crippen LogP contribution in [-0.2, 0) is 4.74 Å².